The molecule has 72 valence electrons. The number of halogens is 2. The van der Waals surface area contributed by atoms with E-state index < -0.39 is 17.7 Å². The Kier molecular flexibility index (Phi) is 2.61. The number of aromatic nitrogens is 1. The van der Waals surface area contributed by atoms with Crippen LogP contribution in [0.2, 0.25) is 0 Å². The zero-order valence-electron chi connectivity index (χ0n) is 7.46. The molecule has 0 amide bonds. The number of rotatable bonds is 2. The molecule has 0 aliphatic heterocycles. The maximum Gasteiger partial charge on any atom is 0.314 e. The fraction of sp³-hybridized carbons (Fsp3) is 0.444. The third-order valence-electron chi connectivity index (χ3n) is 1.78. The molecule has 0 aromatic carbocycles. The van der Waals surface area contributed by atoms with Crippen molar-refractivity contribution in [1.82, 2.24) is 4.98 Å². The van der Waals surface area contributed by atoms with Crippen LogP contribution >= 0.6 is 0 Å². The molecule has 1 aromatic heterocycles. The number of aliphatic hydroxyl groups excluding tert-OH is 1. The molecular weight excluding hydrogens is 176 g/mol. The second-order valence-electron chi connectivity index (χ2n) is 3.02. The number of aliphatic hydroxyl groups is 1. The normalized spacial score (nSPS) is 14.2. The van der Waals surface area contributed by atoms with E-state index in [0.717, 1.165) is 12.5 Å². The summed E-state index contributed by atoms with van der Waals surface area (Å²) in [5.74, 6) is -3.27. The van der Waals surface area contributed by atoms with Crippen molar-refractivity contribution >= 4 is 0 Å². The summed E-state index contributed by atoms with van der Waals surface area (Å²) in [6, 6.07) is 2.76. The second-order valence-corrected chi connectivity index (χ2v) is 3.02. The first-order chi connectivity index (χ1) is 5.94. The lowest BCUT2D eigenvalue weighted by atomic mass is 10.1. The Morgan fingerprint density at radius 3 is 2.46 bits per heavy atom. The molecule has 0 saturated heterocycles. The molecule has 4 heteroatoms. The van der Waals surface area contributed by atoms with Gasteiger partial charge in [0.25, 0.3) is 0 Å². The SMILES string of the molecule is Cc1ccc(C(F)(F)C(C)O)nc1. The number of hydrogen-bond acceptors (Lipinski definition) is 2. The molecule has 1 rings (SSSR count). The molecule has 2 nitrogen and oxygen atoms in total. The quantitative estimate of drug-likeness (QED) is 0.766. The maximum absolute atomic E-state index is 13.1. The van der Waals surface area contributed by atoms with Crippen molar-refractivity contribution in [1.29, 1.82) is 0 Å². The third kappa shape index (κ3) is 2.01. The van der Waals surface area contributed by atoms with E-state index in [4.69, 9.17) is 5.11 Å². The molecule has 0 fully saturated rings. The Balaban J connectivity index is 3.01. The van der Waals surface area contributed by atoms with Crippen molar-refractivity contribution in [3.05, 3.63) is 29.6 Å². The van der Waals surface area contributed by atoms with Crippen molar-refractivity contribution < 1.29 is 13.9 Å². The van der Waals surface area contributed by atoms with Gasteiger partial charge in [-0.25, -0.2) is 0 Å². The van der Waals surface area contributed by atoms with Crippen LogP contribution in [-0.2, 0) is 5.92 Å². The van der Waals surface area contributed by atoms with Crippen LogP contribution < -0.4 is 0 Å². The van der Waals surface area contributed by atoms with Crippen LogP contribution in [0, 0.1) is 6.92 Å². The van der Waals surface area contributed by atoms with Gasteiger partial charge in [-0.15, -0.1) is 0 Å². The maximum atomic E-state index is 13.1. The molecule has 1 N–H and O–H groups in total. The van der Waals surface area contributed by atoms with E-state index >= 15 is 0 Å². The lowest BCUT2D eigenvalue weighted by Gasteiger charge is -2.18. The zero-order valence-corrected chi connectivity index (χ0v) is 7.46. The van der Waals surface area contributed by atoms with Gasteiger partial charge in [-0.2, -0.15) is 8.78 Å². The first kappa shape index (κ1) is 10.1. The van der Waals surface area contributed by atoms with Crippen LogP contribution in [0.4, 0.5) is 8.78 Å². The monoisotopic (exact) mass is 187 g/mol. The molecule has 13 heavy (non-hydrogen) atoms. The summed E-state index contributed by atoms with van der Waals surface area (Å²) in [6.45, 7) is 2.80. The van der Waals surface area contributed by atoms with E-state index in [1.165, 1.54) is 12.3 Å². The molecule has 0 aliphatic rings. The first-order valence-corrected chi connectivity index (χ1v) is 3.93. The number of hydrogen-bond donors (Lipinski definition) is 1. The predicted octanol–water partition coefficient (Wildman–Crippen LogP) is 1.86. The Labute approximate surface area is 75.2 Å². The largest absolute Gasteiger partial charge is 0.387 e. The molecule has 1 heterocycles. The average molecular weight is 187 g/mol. The predicted molar refractivity (Wildman–Crippen MR) is 44.5 cm³/mol. The molecule has 1 aromatic rings. The molecule has 0 saturated carbocycles. The fourth-order valence-electron chi connectivity index (χ4n) is 0.879. The number of nitrogens with zero attached hydrogens (tertiary/aromatic N) is 1. The fourth-order valence-corrected chi connectivity index (χ4v) is 0.879. The van der Waals surface area contributed by atoms with E-state index in [-0.39, 0.29) is 0 Å². The van der Waals surface area contributed by atoms with Crippen LogP contribution in [0.15, 0.2) is 18.3 Å². The summed E-state index contributed by atoms with van der Waals surface area (Å²) in [7, 11) is 0. The van der Waals surface area contributed by atoms with Crippen LogP contribution in [-0.4, -0.2) is 16.2 Å². The van der Waals surface area contributed by atoms with Gasteiger partial charge in [-0.3, -0.25) is 4.98 Å². The molecule has 1 atom stereocenters. The minimum absolute atomic E-state index is 0.395. The van der Waals surface area contributed by atoms with Gasteiger partial charge in [0.15, 0.2) is 0 Å². The van der Waals surface area contributed by atoms with Gasteiger partial charge >= 0.3 is 5.92 Å². The van der Waals surface area contributed by atoms with Crippen molar-refractivity contribution in [3.8, 4) is 0 Å². The highest BCUT2D eigenvalue weighted by atomic mass is 19.3. The molecular formula is C9H11F2NO. The molecule has 0 spiro atoms. The highest BCUT2D eigenvalue weighted by Crippen LogP contribution is 2.29. The van der Waals surface area contributed by atoms with Gasteiger partial charge in [0.05, 0.1) is 0 Å². The van der Waals surface area contributed by atoms with Crippen molar-refractivity contribution in [2.75, 3.05) is 0 Å². The number of aryl methyl sites for hydroxylation is 1. The van der Waals surface area contributed by atoms with Gasteiger partial charge in [-0.1, -0.05) is 6.07 Å². The van der Waals surface area contributed by atoms with Crippen LogP contribution in [0.1, 0.15) is 18.2 Å². The summed E-state index contributed by atoms with van der Waals surface area (Å²) in [6.07, 6.45) is -0.367. The summed E-state index contributed by atoms with van der Waals surface area (Å²) < 4.78 is 26.2. The van der Waals surface area contributed by atoms with E-state index in [1.807, 2.05) is 0 Å². The van der Waals surface area contributed by atoms with Crippen LogP contribution in [0.3, 0.4) is 0 Å². The van der Waals surface area contributed by atoms with E-state index in [0.29, 0.717) is 0 Å². The van der Waals surface area contributed by atoms with Gasteiger partial charge in [0.1, 0.15) is 11.8 Å². The number of alkyl halides is 2. The highest BCUT2D eigenvalue weighted by Gasteiger charge is 2.38. The van der Waals surface area contributed by atoms with E-state index in [9.17, 15) is 8.78 Å². The summed E-state index contributed by atoms with van der Waals surface area (Å²) in [4.78, 5) is 3.56. The van der Waals surface area contributed by atoms with Gasteiger partial charge < -0.3 is 5.11 Å². The Bertz CT molecular complexity index is 282. The average Bonchev–Trinajstić information content (AvgIpc) is 2.04. The summed E-state index contributed by atoms with van der Waals surface area (Å²) in [5.41, 5.74) is 0.415. The van der Waals surface area contributed by atoms with Crippen LogP contribution in [0.25, 0.3) is 0 Å². The van der Waals surface area contributed by atoms with Gasteiger partial charge in [-0.05, 0) is 25.5 Å². The van der Waals surface area contributed by atoms with Crippen LogP contribution in [0.5, 0.6) is 0 Å². The van der Waals surface area contributed by atoms with Crippen molar-refractivity contribution in [3.63, 3.8) is 0 Å². The van der Waals surface area contributed by atoms with Crippen molar-refractivity contribution in [2.24, 2.45) is 0 Å². The van der Waals surface area contributed by atoms with Gasteiger partial charge in [0.2, 0.25) is 0 Å². The highest BCUT2D eigenvalue weighted by molar-refractivity contribution is 5.16. The molecule has 0 radical (unpaired) electrons. The smallest absolute Gasteiger partial charge is 0.314 e. The second kappa shape index (κ2) is 3.38. The summed E-state index contributed by atoms with van der Waals surface area (Å²) >= 11 is 0. The minimum Gasteiger partial charge on any atom is -0.387 e. The number of pyridine rings is 1. The summed E-state index contributed by atoms with van der Waals surface area (Å²) in [5, 5.41) is 8.81. The van der Waals surface area contributed by atoms with Gasteiger partial charge in [0, 0.05) is 6.20 Å². The Morgan fingerprint density at radius 1 is 1.46 bits per heavy atom. The standard InChI is InChI=1S/C9H11F2NO/c1-6-3-4-8(12-5-6)9(10,11)7(2)13/h3-5,7,13H,1-2H3. The molecule has 1 unspecified atom stereocenters. The van der Waals surface area contributed by atoms with Crippen molar-refractivity contribution in [2.45, 2.75) is 25.9 Å². The Morgan fingerprint density at radius 2 is 2.08 bits per heavy atom. The minimum atomic E-state index is -3.27. The molecule has 0 aliphatic carbocycles. The third-order valence-corrected chi connectivity index (χ3v) is 1.78. The lowest BCUT2D eigenvalue weighted by molar-refractivity contribution is -0.109. The first-order valence-electron chi connectivity index (χ1n) is 3.93. The molecule has 0 bridgehead atoms. The van der Waals surface area contributed by atoms with E-state index in [1.54, 1.807) is 13.0 Å². The zero-order chi connectivity index (χ0) is 10.1. The lowest BCUT2D eigenvalue weighted by Crippen LogP contribution is -2.28. The Hall–Kier alpha value is -1.03. The van der Waals surface area contributed by atoms with E-state index in [2.05, 4.69) is 4.98 Å². The topological polar surface area (TPSA) is 33.1 Å².